The molecule has 0 aromatic carbocycles. The Hall–Kier alpha value is -1.59. The van der Waals surface area contributed by atoms with Gasteiger partial charge in [0.1, 0.15) is 13.2 Å². The monoisotopic (exact) mass is 821 g/mol. The maximum Gasteiger partial charge on any atom is 0.306 e. The van der Waals surface area contributed by atoms with Crippen LogP contribution >= 0.6 is 0 Å². The average Bonchev–Trinajstić information content (AvgIpc) is 3.21. The Labute approximate surface area is 361 Å². The van der Waals surface area contributed by atoms with E-state index in [0.29, 0.717) is 19.3 Å². The summed E-state index contributed by atoms with van der Waals surface area (Å²) in [5.74, 6) is 1.66. The van der Waals surface area contributed by atoms with Gasteiger partial charge in [-0.1, -0.05) is 241 Å². The number of carbonyl (C=O) groups excluding carboxylic acids is 3. The molecule has 6 heteroatoms. The molecule has 2 unspecified atom stereocenters. The lowest BCUT2D eigenvalue weighted by molar-refractivity contribution is -0.167. The summed E-state index contributed by atoms with van der Waals surface area (Å²) in [6, 6.07) is 0. The molecular weight excluding hydrogens is 721 g/mol. The SMILES string of the molecule is CCC(C)CCCCCCCCCCCCC(=O)O[C@@H](COC(=O)CCCCCCCCCCCCCCCC(C)C)COC(=O)CCCCCCCCC(C)CC. The minimum Gasteiger partial charge on any atom is -0.462 e. The van der Waals surface area contributed by atoms with Crippen molar-refractivity contribution in [3.05, 3.63) is 0 Å². The molecule has 0 aliphatic rings. The fraction of sp³-hybridized carbons (Fsp3) is 0.942. The van der Waals surface area contributed by atoms with Crippen LogP contribution in [0.15, 0.2) is 0 Å². The van der Waals surface area contributed by atoms with Crippen molar-refractivity contribution in [2.24, 2.45) is 17.8 Å². The zero-order valence-corrected chi connectivity index (χ0v) is 39.8. The number of esters is 3. The molecule has 0 N–H and O–H groups in total. The lowest BCUT2D eigenvalue weighted by atomic mass is 9.99. The Bertz CT molecular complexity index is 902. The van der Waals surface area contributed by atoms with Gasteiger partial charge < -0.3 is 14.2 Å². The molecule has 0 spiro atoms. The zero-order valence-electron chi connectivity index (χ0n) is 39.8. The first-order valence-corrected chi connectivity index (χ1v) is 25.7. The van der Waals surface area contributed by atoms with Gasteiger partial charge >= 0.3 is 17.9 Å². The van der Waals surface area contributed by atoms with Gasteiger partial charge in [0.15, 0.2) is 6.10 Å². The van der Waals surface area contributed by atoms with E-state index in [1.54, 1.807) is 0 Å². The molecule has 0 amide bonds. The molecule has 0 saturated heterocycles. The van der Waals surface area contributed by atoms with Crippen molar-refractivity contribution in [2.45, 2.75) is 285 Å². The topological polar surface area (TPSA) is 78.9 Å². The van der Waals surface area contributed by atoms with Gasteiger partial charge in [0, 0.05) is 19.3 Å². The Kier molecular flexibility index (Phi) is 42.3. The minimum absolute atomic E-state index is 0.0654. The summed E-state index contributed by atoms with van der Waals surface area (Å²) >= 11 is 0. The highest BCUT2D eigenvalue weighted by Gasteiger charge is 2.19. The van der Waals surface area contributed by atoms with Crippen LogP contribution in [0.2, 0.25) is 0 Å². The number of rotatable bonds is 45. The quantitative estimate of drug-likeness (QED) is 0.0346. The molecule has 0 aliphatic heterocycles. The van der Waals surface area contributed by atoms with E-state index in [1.165, 1.54) is 161 Å². The van der Waals surface area contributed by atoms with Gasteiger partial charge in [0.2, 0.25) is 0 Å². The molecule has 344 valence electrons. The van der Waals surface area contributed by atoms with E-state index in [9.17, 15) is 14.4 Å². The molecular formula is C52H100O6. The van der Waals surface area contributed by atoms with Gasteiger partial charge in [-0.2, -0.15) is 0 Å². The van der Waals surface area contributed by atoms with E-state index in [4.69, 9.17) is 14.2 Å². The zero-order chi connectivity index (χ0) is 42.7. The second-order valence-electron chi connectivity index (χ2n) is 18.8. The van der Waals surface area contributed by atoms with Crippen molar-refractivity contribution in [2.75, 3.05) is 13.2 Å². The maximum atomic E-state index is 12.8. The molecule has 0 aromatic heterocycles. The largest absolute Gasteiger partial charge is 0.462 e. The van der Waals surface area contributed by atoms with Gasteiger partial charge in [0.25, 0.3) is 0 Å². The van der Waals surface area contributed by atoms with Crippen LogP contribution in [0.4, 0.5) is 0 Å². The smallest absolute Gasteiger partial charge is 0.306 e. The van der Waals surface area contributed by atoms with E-state index in [-0.39, 0.29) is 31.1 Å². The summed E-state index contributed by atoms with van der Waals surface area (Å²) in [5.41, 5.74) is 0. The molecule has 3 atom stereocenters. The highest BCUT2D eigenvalue weighted by Crippen LogP contribution is 2.18. The van der Waals surface area contributed by atoms with E-state index in [1.807, 2.05) is 0 Å². The van der Waals surface area contributed by atoms with Crippen molar-refractivity contribution >= 4 is 17.9 Å². The molecule has 0 aliphatic carbocycles. The van der Waals surface area contributed by atoms with Gasteiger partial charge in [-0.15, -0.1) is 0 Å². The van der Waals surface area contributed by atoms with Gasteiger partial charge in [0.05, 0.1) is 0 Å². The molecule has 0 bridgehead atoms. The van der Waals surface area contributed by atoms with Crippen molar-refractivity contribution in [1.29, 1.82) is 0 Å². The Morgan fingerprint density at radius 3 is 0.897 bits per heavy atom. The summed E-state index contributed by atoms with van der Waals surface area (Å²) in [6.45, 7) is 13.7. The first kappa shape index (κ1) is 56.4. The molecule has 0 rings (SSSR count). The number of ether oxygens (including phenoxy) is 3. The molecule has 0 saturated carbocycles. The second kappa shape index (κ2) is 43.5. The summed E-state index contributed by atoms with van der Waals surface area (Å²) in [6.07, 6.45) is 42.3. The number of carbonyl (C=O) groups is 3. The van der Waals surface area contributed by atoms with Crippen molar-refractivity contribution in [3.8, 4) is 0 Å². The fourth-order valence-electron chi connectivity index (χ4n) is 7.70. The van der Waals surface area contributed by atoms with Gasteiger partial charge in [-0.3, -0.25) is 14.4 Å². The molecule has 0 fully saturated rings. The normalized spacial score (nSPS) is 13.1. The van der Waals surface area contributed by atoms with Crippen molar-refractivity contribution in [3.63, 3.8) is 0 Å². The summed E-state index contributed by atoms with van der Waals surface area (Å²) in [7, 11) is 0. The highest BCUT2D eigenvalue weighted by atomic mass is 16.6. The third kappa shape index (κ3) is 42.5. The predicted molar refractivity (Wildman–Crippen MR) is 247 cm³/mol. The van der Waals surface area contributed by atoms with Crippen LogP contribution in [0, 0.1) is 17.8 Å². The molecule has 0 radical (unpaired) electrons. The number of hydrogen-bond donors (Lipinski definition) is 0. The molecule has 0 aromatic rings. The third-order valence-corrected chi connectivity index (χ3v) is 12.4. The average molecular weight is 821 g/mol. The predicted octanol–water partition coefficient (Wildman–Crippen LogP) is 16.4. The van der Waals surface area contributed by atoms with E-state index in [2.05, 4.69) is 41.5 Å². The van der Waals surface area contributed by atoms with Gasteiger partial charge in [-0.05, 0) is 37.0 Å². The van der Waals surface area contributed by atoms with Crippen LogP contribution in [-0.4, -0.2) is 37.2 Å². The standard InChI is InChI=1S/C52H100O6/c1-7-47(5)39-33-27-21-17-14-15-19-23-31-37-43-52(55)58-49(45-57-51(54)42-36-30-25-24-28-34-40-48(6)8-2)44-56-50(53)41-35-29-22-18-13-11-9-10-12-16-20-26-32-38-46(3)4/h46-49H,7-45H2,1-6H3/t47?,48?,49-/m0/s1. The highest BCUT2D eigenvalue weighted by molar-refractivity contribution is 5.71. The Balaban J connectivity index is 4.31. The van der Waals surface area contributed by atoms with E-state index >= 15 is 0 Å². The first-order chi connectivity index (χ1) is 28.2. The lowest BCUT2D eigenvalue weighted by Gasteiger charge is -2.18. The first-order valence-electron chi connectivity index (χ1n) is 25.7. The number of hydrogen-bond acceptors (Lipinski definition) is 6. The Morgan fingerprint density at radius 1 is 0.345 bits per heavy atom. The van der Waals surface area contributed by atoms with Crippen molar-refractivity contribution in [1.82, 2.24) is 0 Å². The third-order valence-electron chi connectivity index (χ3n) is 12.4. The van der Waals surface area contributed by atoms with Crippen LogP contribution in [0.1, 0.15) is 279 Å². The fourth-order valence-corrected chi connectivity index (χ4v) is 7.70. The summed E-state index contributed by atoms with van der Waals surface area (Å²) < 4.78 is 16.8. The van der Waals surface area contributed by atoms with Crippen LogP contribution in [0.25, 0.3) is 0 Å². The van der Waals surface area contributed by atoms with Crippen molar-refractivity contribution < 1.29 is 28.6 Å². The number of unbranched alkanes of at least 4 members (excludes halogenated alkanes) is 26. The molecule has 0 heterocycles. The second-order valence-corrected chi connectivity index (χ2v) is 18.8. The minimum atomic E-state index is -0.763. The summed E-state index contributed by atoms with van der Waals surface area (Å²) in [5, 5.41) is 0. The van der Waals surface area contributed by atoms with E-state index < -0.39 is 6.10 Å². The van der Waals surface area contributed by atoms with Crippen LogP contribution < -0.4 is 0 Å². The Morgan fingerprint density at radius 2 is 0.603 bits per heavy atom. The van der Waals surface area contributed by atoms with Crippen LogP contribution in [0.5, 0.6) is 0 Å². The maximum absolute atomic E-state index is 12.8. The van der Waals surface area contributed by atoms with Gasteiger partial charge in [-0.25, -0.2) is 0 Å². The summed E-state index contributed by atoms with van der Waals surface area (Å²) in [4.78, 5) is 37.9. The van der Waals surface area contributed by atoms with E-state index in [0.717, 1.165) is 75.5 Å². The lowest BCUT2D eigenvalue weighted by Crippen LogP contribution is -2.30. The van der Waals surface area contributed by atoms with Crippen LogP contribution in [-0.2, 0) is 28.6 Å². The molecule has 58 heavy (non-hydrogen) atoms. The van der Waals surface area contributed by atoms with Crippen LogP contribution in [0.3, 0.4) is 0 Å². The molecule has 6 nitrogen and oxygen atoms in total.